The maximum Gasteiger partial charge on any atom is 0.319 e. The van der Waals surface area contributed by atoms with Crippen molar-refractivity contribution in [1.82, 2.24) is 5.32 Å². The van der Waals surface area contributed by atoms with E-state index >= 15 is 0 Å². The molecule has 0 aliphatic carbocycles. The van der Waals surface area contributed by atoms with Gasteiger partial charge in [-0.05, 0) is 43.2 Å². The van der Waals surface area contributed by atoms with E-state index in [0.717, 1.165) is 25.9 Å². The molecule has 2 aromatic rings. The number of urea groups is 1. The minimum Gasteiger partial charge on any atom is -0.381 e. The van der Waals surface area contributed by atoms with Crippen LogP contribution in [0.1, 0.15) is 36.5 Å². The van der Waals surface area contributed by atoms with Crippen LogP contribution in [0, 0.1) is 0 Å². The third-order valence-corrected chi connectivity index (χ3v) is 3.81. The number of carbonyl (C=O) groups is 2. The third kappa shape index (κ3) is 7.92. The molecule has 2 rings (SSSR count). The molecule has 6 nitrogen and oxygen atoms in total. The standard InChI is InChI=1S/C21H27N3O3/c1-2-3-14-27-15-8-13-22-21(26)24-19-12-7-11-18(16-19)23-20(25)17-9-5-4-6-10-17/h4-7,9-12,16H,2-3,8,13-15H2,1H3,(H,23,25)(H2,22,24,26). The topological polar surface area (TPSA) is 79.5 Å². The summed E-state index contributed by atoms with van der Waals surface area (Å²) in [5, 5.41) is 8.38. The number of anilines is 2. The highest BCUT2D eigenvalue weighted by Crippen LogP contribution is 2.16. The second kappa shape index (κ2) is 11.7. The van der Waals surface area contributed by atoms with Crippen LogP contribution in [-0.4, -0.2) is 31.7 Å². The van der Waals surface area contributed by atoms with Crippen LogP contribution >= 0.6 is 0 Å². The molecule has 0 saturated heterocycles. The van der Waals surface area contributed by atoms with Crippen LogP contribution in [0.3, 0.4) is 0 Å². The van der Waals surface area contributed by atoms with Gasteiger partial charge in [0.1, 0.15) is 0 Å². The average Bonchev–Trinajstić information content (AvgIpc) is 2.68. The molecule has 0 aliphatic heterocycles. The molecule has 0 heterocycles. The summed E-state index contributed by atoms with van der Waals surface area (Å²) in [5.41, 5.74) is 1.80. The Balaban J connectivity index is 1.74. The highest BCUT2D eigenvalue weighted by atomic mass is 16.5. The largest absolute Gasteiger partial charge is 0.381 e. The van der Waals surface area contributed by atoms with Crippen LogP contribution in [0.2, 0.25) is 0 Å². The summed E-state index contributed by atoms with van der Waals surface area (Å²) in [6, 6.07) is 15.7. The molecule has 144 valence electrons. The third-order valence-electron chi connectivity index (χ3n) is 3.81. The molecule has 0 unspecified atom stereocenters. The lowest BCUT2D eigenvalue weighted by molar-refractivity contribution is 0.102. The first kappa shape index (κ1) is 20.5. The molecule has 2 aromatic carbocycles. The number of nitrogens with one attached hydrogen (secondary N) is 3. The Kier molecular flexibility index (Phi) is 8.86. The van der Waals surface area contributed by atoms with Gasteiger partial charge >= 0.3 is 6.03 Å². The molecule has 6 heteroatoms. The summed E-state index contributed by atoms with van der Waals surface area (Å²) in [4.78, 5) is 24.1. The van der Waals surface area contributed by atoms with E-state index in [1.165, 1.54) is 0 Å². The quantitative estimate of drug-likeness (QED) is 0.547. The van der Waals surface area contributed by atoms with Gasteiger partial charge in [-0.2, -0.15) is 0 Å². The Bertz CT molecular complexity index is 720. The average molecular weight is 369 g/mol. The van der Waals surface area contributed by atoms with Gasteiger partial charge in [-0.25, -0.2) is 4.79 Å². The van der Waals surface area contributed by atoms with Gasteiger partial charge in [0.25, 0.3) is 5.91 Å². The Morgan fingerprint density at radius 3 is 2.33 bits per heavy atom. The van der Waals surface area contributed by atoms with Crippen molar-refractivity contribution in [3.63, 3.8) is 0 Å². The minimum atomic E-state index is -0.282. The van der Waals surface area contributed by atoms with Crippen molar-refractivity contribution in [3.8, 4) is 0 Å². The van der Waals surface area contributed by atoms with Crippen molar-refractivity contribution in [1.29, 1.82) is 0 Å². The smallest absolute Gasteiger partial charge is 0.319 e. The van der Waals surface area contributed by atoms with Gasteiger partial charge < -0.3 is 20.7 Å². The maximum absolute atomic E-state index is 12.2. The molecule has 0 bridgehead atoms. The minimum absolute atomic E-state index is 0.194. The Labute approximate surface area is 160 Å². The lowest BCUT2D eigenvalue weighted by atomic mass is 10.2. The molecule has 3 amide bonds. The number of benzene rings is 2. The first-order valence-electron chi connectivity index (χ1n) is 9.28. The van der Waals surface area contributed by atoms with Crippen LogP contribution in [0.15, 0.2) is 54.6 Å². The molecule has 27 heavy (non-hydrogen) atoms. The van der Waals surface area contributed by atoms with Crippen molar-refractivity contribution in [2.45, 2.75) is 26.2 Å². The highest BCUT2D eigenvalue weighted by Gasteiger charge is 2.06. The van der Waals surface area contributed by atoms with E-state index in [9.17, 15) is 9.59 Å². The normalized spacial score (nSPS) is 10.3. The zero-order valence-corrected chi connectivity index (χ0v) is 15.7. The van der Waals surface area contributed by atoms with Crippen LogP contribution in [0.4, 0.5) is 16.2 Å². The van der Waals surface area contributed by atoms with Gasteiger partial charge in [0, 0.05) is 36.7 Å². The molecule has 0 aromatic heterocycles. The van der Waals surface area contributed by atoms with Gasteiger partial charge in [-0.1, -0.05) is 37.6 Å². The SMILES string of the molecule is CCCCOCCCNC(=O)Nc1cccc(NC(=O)c2ccccc2)c1. The number of hydrogen-bond acceptors (Lipinski definition) is 3. The Morgan fingerprint density at radius 2 is 1.59 bits per heavy atom. The predicted octanol–water partition coefficient (Wildman–Crippen LogP) is 4.27. The molecule has 0 spiro atoms. The van der Waals surface area contributed by atoms with E-state index in [2.05, 4.69) is 22.9 Å². The van der Waals surface area contributed by atoms with E-state index in [0.29, 0.717) is 30.1 Å². The van der Waals surface area contributed by atoms with Crippen LogP contribution in [0.25, 0.3) is 0 Å². The number of carbonyl (C=O) groups excluding carboxylic acids is 2. The summed E-state index contributed by atoms with van der Waals surface area (Å²) < 4.78 is 5.45. The van der Waals surface area contributed by atoms with Crippen LogP contribution < -0.4 is 16.0 Å². The van der Waals surface area contributed by atoms with E-state index in [1.807, 2.05) is 18.2 Å². The zero-order chi connectivity index (χ0) is 19.3. The first-order chi connectivity index (χ1) is 13.2. The van der Waals surface area contributed by atoms with E-state index < -0.39 is 0 Å². The van der Waals surface area contributed by atoms with Crippen molar-refractivity contribution < 1.29 is 14.3 Å². The number of amides is 3. The van der Waals surface area contributed by atoms with E-state index in [4.69, 9.17) is 4.74 Å². The molecule has 0 aliphatic rings. The number of ether oxygens (including phenoxy) is 1. The summed E-state index contributed by atoms with van der Waals surface area (Å²) in [6.07, 6.45) is 2.95. The maximum atomic E-state index is 12.2. The van der Waals surface area contributed by atoms with Crippen molar-refractivity contribution in [2.75, 3.05) is 30.4 Å². The highest BCUT2D eigenvalue weighted by molar-refractivity contribution is 6.04. The fraction of sp³-hybridized carbons (Fsp3) is 0.333. The fourth-order valence-corrected chi connectivity index (χ4v) is 2.37. The first-order valence-corrected chi connectivity index (χ1v) is 9.28. The second-order valence-corrected chi connectivity index (χ2v) is 6.10. The van der Waals surface area contributed by atoms with Gasteiger partial charge in [0.15, 0.2) is 0 Å². The summed E-state index contributed by atoms with van der Waals surface area (Å²) in [5.74, 6) is -0.194. The number of hydrogen-bond donors (Lipinski definition) is 3. The second-order valence-electron chi connectivity index (χ2n) is 6.10. The molecule has 0 radical (unpaired) electrons. The summed E-state index contributed by atoms with van der Waals surface area (Å²) >= 11 is 0. The molecule has 0 fully saturated rings. The number of rotatable bonds is 10. The molecule has 3 N–H and O–H groups in total. The Hall–Kier alpha value is -2.86. The van der Waals surface area contributed by atoms with E-state index in [-0.39, 0.29) is 11.9 Å². The summed E-state index contributed by atoms with van der Waals surface area (Å²) in [6.45, 7) is 4.07. The Morgan fingerprint density at radius 1 is 0.889 bits per heavy atom. The van der Waals surface area contributed by atoms with Crippen molar-refractivity contribution >= 4 is 23.3 Å². The molecular formula is C21H27N3O3. The summed E-state index contributed by atoms with van der Waals surface area (Å²) in [7, 11) is 0. The molecule has 0 atom stereocenters. The van der Waals surface area contributed by atoms with Gasteiger partial charge in [0.2, 0.25) is 0 Å². The molecule has 0 saturated carbocycles. The van der Waals surface area contributed by atoms with Crippen LogP contribution in [0.5, 0.6) is 0 Å². The monoisotopic (exact) mass is 369 g/mol. The number of unbranched alkanes of at least 4 members (excludes halogenated alkanes) is 1. The van der Waals surface area contributed by atoms with E-state index in [1.54, 1.807) is 36.4 Å². The lowest BCUT2D eigenvalue weighted by Crippen LogP contribution is -2.30. The van der Waals surface area contributed by atoms with Gasteiger partial charge in [0.05, 0.1) is 0 Å². The zero-order valence-electron chi connectivity index (χ0n) is 15.7. The van der Waals surface area contributed by atoms with Gasteiger partial charge in [-0.15, -0.1) is 0 Å². The van der Waals surface area contributed by atoms with Crippen molar-refractivity contribution in [3.05, 3.63) is 60.2 Å². The lowest BCUT2D eigenvalue weighted by Gasteiger charge is -2.10. The van der Waals surface area contributed by atoms with Gasteiger partial charge in [-0.3, -0.25) is 4.79 Å². The van der Waals surface area contributed by atoms with Crippen LogP contribution in [-0.2, 0) is 4.74 Å². The molecular weight excluding hydrogens is 342 g/mol. The van der Waals surface area contributed by atoms with Crippen molar-refractivity contribution in [2.24, 2.45) is 0 Å². The predicted molar refractivity (Wildman–Crippen MR) is 108 cm³/mol. The fourth-order valence-electron chi connectivity index (χ4n) is 2.37.